The highest BCUT2D eigenvalue weighted by molar-refractivity contribution is 6.17. The van der Waals surface area contributed by atoms with Crippen molar-refractivity contribution in [2.45, 2.75) is 26.3 Å². The predicted molar refractivity (Wildman–Crippen MR) is 106 cm³/mol. The number of rotatable bonds is 5. The van der Waals surface area contributed by atoms with Crippen LogP contribution in [0.5, 0.6) is 0 Å². The van der Waals surface area contributed by atoms with Gasteiger partial charge in [0, 0.05) is 21.9 Å². The molecule has 2 N–H and O–H groups in total. The van der Waals surface area contributed by atoms with Gasteiger partial charge in [0.05, 0.1) is 17.6 Å². The van der Waals surface area contributed by atoms with Crippen LogP contribution < -0.4 is 5.73 Å². The molecule has 3 nitrogen and oxygen atoms in total. The van der Waals surface area contributed by atoms with Gasteiger partial charge in [0.15, 0.2) is 0 Å². The number of primary amides is 1. The van der Waals surface area contributed by atoms with Crippen molar-refractivity contribution in [3.63, 3.8) is 0 Å². The summed E-state index contributed by atoms with van der Waals surface area (Å²) in [6, 6.07) is 15.9. The highest BCUT2D eigenvalue weighted by Crippen LogP contribution is 2.33. The minimum Gasteiger partial charge on any atom is -0.366 e. The number of benzene rings is 3. The third-order valence-electron chi connectivity index (χ3n) is 4.99. The number of carbonyl (C=O) groups excluding carboxylic acids is 1. The fourth-order valence-corrected chi connectivity index (χ4v) is 3.74. The van der Waals surface area contributed by atoms with Gasteiger partial charge in [0.1, 0.15) is 11.6 Å². The molecule has 141 valence electrons. The largest absolute Gasteiger partial charge is 0.366 e. The summed E-state index contributed by atoms with van der Waals surface area (Å²) < 4.78 is 29.9. The number of hydrogen-bond acceptors (Lipinski definition) is 1. The Morgan fingerprint density at radius 2 is 1.96 bits per heavy atom. The van der Waals surface area contributed by atoms with Gasteiger partial charge in [-0.25, -0.2) is 8.78 Å². The Labute approximate surface area is 161 Å². The fraction of sp³-hybridized carbons (Fsp3) is 0.174. The zero-order chi connectivity index (χ0) is 19.8. The molecule has 3 aromatic carbocycles. The number of nitrogens with zero attached hydrogens (tertiary/aromatic N) is 1. The molecule has 0 bridgehead atoms. The van der Waals surface area contributed by atoms with Gasteiger partial charge in [-0.1, -0.05) is 25.5 Å². The number of halogens is 2. The first kappa shape index (κ1) is 18.2. The molecule has 28 heavy (non-hydrogen) atoms. The molecule has 0 aliphatic carbocycles. The lowest BCUT2D eigenvalue weighted by Gasteiger charge is -2.10. The number of fused-ring (bicyclic) bond motifs is 3. The van der Waals surface area contributed by atoms with E-state index in [2.05, 4.69) is 13.0 Å². The summed E-state index contributed by atoms with van der Waals surface area (Å²) in [4.78, 5) is 12.0. The summed E-state index contributed by atoms with van der Waals surface area (Å²) in [5.41, 5.74) is 8.86. The van der Waals surface area contributed by atoms with Crippen LogP contribution in [0.15, 0.2) is 48.5 Å². The second-order valence-corrected chi connectivity index (χ2v) is 6.90. The first-order chi connectivity index (χ1) is 13.5. The van der Waals surface area contributed by atoms with E-state index in [1.165, 1.54) is 6.07 Å². The van der Waals surface area contributed by atoms with Crippen molar-refractivity contribution in [3.8, 4) is 0 Å². The molecule has 4 aromatic rings. The molecule has 4 rings (SSSR count). The first-order valence-corrected chi connectivity index (χ1v) is 9.19. The standard InChI is InChI=1S/C23H19F2N2O/c1-2-4-14-7-9-17-21(11-14)27(13-15-12-16(24)8-10-19(15)25)20-6-3-5-18(22(17)20)23(26)28/h3,5-8,10-12H,2,4,13H2,1H3,(H2,26,28). The fourth-order valence-electron chi connectivity index (χ4n) is 3.74. The Morgan fingerprint density at radius 3 is 2.71 bits per heavy atom. The second-order valence-electron chi connectivity index (χ2n) is 6.90. The van der Waals surface area contributed by atoms with Crippen molar-refractivity contribution in [2.75, 3.05) is 0 Å². The smallest absolute Gasteiger partial charge is 0.249 e. The average molecular weight is 377 g/mol. The lowest BCUT2D eigenvalue weighted by molar-refractivity contribution is 0.100. The van der Waals surface area contributed by atoms with E-state index < -0.39 is 17.5 Å². The molecule has 1 amide bonds. The molecule has 0 atom stereocenters. The zero-order valence-corrected chi connectivity index (χ0v) is 15.4. The second kappa shape index (κ2) is 7.08. The van der Waals surface area contributed by atoms with Crippen molar-refractivity contribution in [2.24, 2.45) is 5.73 Å². The number of amides is 1. The molecular formula is C23H19F2N2O. The topological polar surface area (TPSA) is 48.0 Å². The van der Waals surface area contributed by atoms with Gasteiger partial charge in [-0.15, -0.1) is 0 Å². The van der Waals surface area contributed by atoms with Gasteiger partial charge < -0.3 is 10.3 Å². The Balaban J connectivity index is 2.03. The summed E-state index contributed by atoms with van der Waals surface area (Å²) in [5, 5.41) is 1.44. The zero-order valence-electron chi connectivity index (χ0n) is 15.4. The van der Waals surface area contributed by atoms with E-state index in [9.17, 15) is 13.6 Å². The molecule has 0 fully saturated rings. The highest BCUT2D eigenvalue weighted by Gasteiger charge is 2.18. The van der Waals surface area contributed by atoms with Crippen LogP contribution in [0.3, 0.4) is 0 Å². The minimum atomic E-state index is -0.535. The number of nitrogens with two attached hydrogens (primary N) is 1. The maximum absolute atomic E-state index is 14.3. The van der Waals surface area contributed by atoms with Crippen LogP contribution in [0.1, 0.15) is 34.8 Å². The first-order valence-electron chi connectivity index (χ1n) is 9.19. The molecule has 0 saturated heterocycles. The normalized spacial score (nSPS) is 11.4. The van der Waals surface area contributed by atoms with Crippen molar-refractivity contribution < 1.29 is 13.6 Å². The van der Waals surface area contributed by atoms with Crippen LogP contribution in [0.4, 0.5) is 8.78 Å². The third-order valence-corrected chi connectivity index (χ3v) is 4.99. The molecule has 5 heteroatoms. The van der Waals surface area contributed by atoms with Crippen LogP contribution in [-0.2, 0) is 13.0 Å². The molecular weight excluding hydrogens is 358 g/mol. The number of carbonyl (C=O) groups is 1. The van der Waals surface area contributed by atoms with E-state index in [-0.39, 0.29) is 12.1 Å². The van der Waals surface area contributed by atoms with Crippen molar-refractivity contribution in [1.29, 1.82) is 0 Å². The van der Waals surface area contributed by atoms with E-state index in [1.54, 1.807) is 12.1 Å². The number of aromatic nitrogens is 1. The molecule has 0 spiro atoms. The van der Waals surface area contributed by atoms with Crippen molar-refractivity contribution >= 4 is 27.7 Å². The average Bonchev–Trinajstić information content (AvgIpc) is 2.98. The van der Waals surface area contributed by atoms with E-state index in [0.29, 0.717) is 10.9 Å². The Kier molecular flexibility index (Phi) is 4.59. The number of aryl methyl sites for hydroxylation is 1. The maximum atomic E-state index is 14.3. The van der Waals surface area contributed by atoms with Crippen LogP contribution in [0.2, 0.25) is 0 Å². The van der Waals surface area contributed by atoms with Gasteiger partial charge in [-0.3, -0.25) is 4.79 Å². The van der Waals surface area contributed by atoms with Crippen LogP contribution in [-0.4, -0.2) is 10.5 Å². The Bertz CT molecular complexity index is 1210. The van der Waals surface area contributed by atoms with Crippen LogP contribution >= 0.6 is 0 Å². The van der Waals surface area contributed by atoms with Gasteiger partial charge in [-0.05, 0) is 54.4 Å². The quantitative estimate of drug-likeness (QED) is 0.524. The Hall–Kier alpha value is -3.21. The molecule has 0 aliphatic heterocycles. The minimum absolute atomic E-state index is 0.134. The molecule has 0 saturated carbocycles. The summed E-state index contributed by atoms with van der Waals surface area (Å²) in [6.45, 7) is 2.22. The molecule has 0 unspecified atom stereocenters. The molecule has 1 radical (unpaired) electrons. The summed E-state index contributed by atoms with van der Waals surface area (Å²) in [6.07, 6.45) is 1.86. The monoisotopic (exact) mass is 377 g/mol. The number of hydrogen-bond donors (Lipinski definition) is 1. The van der Waals surface area contributed by atoms with E-state index in [4.69, 9.17) is 5.73 Å². The van der Waals surface area contributed by atoms with Crippen LogP contribution in [0, 0.1) is 17.7 Å². The van der Waals surface area contributed by atoms with Gasteiger partial charge in [-0.2, -0.15) is 0 Å². The van der Waals surface area contributed by atoms with Gasteiger partial charge in [0.25, 0.3) is 0 Å². The predicted octanol–water partition coefficient (Wildman–Crippen LogP) is 4.97. The summed E-state index contributed by atoms with van der Waals surface area (Å²) in [5.74, 6) is -1.50. The third kappa shape index (κ3) is 3.03. The van der Waals surface area contributed by atoms with Gasteiger partial charge in [0.2, 0.25) is 5.91 Å². The molecule has 1 aromatic heterocycles. The van der Waals surface area contributed by atoms with Crippen LogP contribution in [0.25, 0.3) is 21.8 Å². The maximum Gasteiger partial charge on any atom is 0.249 e. The van der Waals surface area contributed by atoms with E-state index in [0.717, 1.165) is 47.0 Å². The summed E-state index contributed by atoms with van der Waals surface area (Å²) in [7, 11) is 0. The van der Waals surface area contributed by atoms with Crippen molar-refractivity contribution in [1.82, 2.24) is 4.57 Å². The lowest BCUT2D eigenvalue weighted by atomic mass is 10.0. The van der Waals surface area contributed by atoms with Crippen molar-refractivity contribution in [3.05, 3.63) is 82.9 Å². The Morgan fingerprint density at radius 1 is 1.14 bits per heavy atom. The SMILES string of the molecule is CCCc1c[c]c2c3c(C(N)=O)cccc3n(Cc3cc(F)ccc3F)c2c1. The van der Waals surface area contributed by atoms with E-state index in [1.807, 2.05) is 22.8 Å². The molecule has 1 heterocycles. The lowest BCUT2D eigenvalue weighted by Crippen LogP contribution is -2.11. The van der Waals surface area contributed by atoms with E-state index >= 15 is 0 Å². The highest BCUT2D eigenvalue weighted by atomic mass is 19.1. The van der Waals surface area contributed by atoms with Gasteiger partial charge >= 0.3 is 0 Å². The summed E-state index contributed by atoms with van der Waals surface area (Å²) >= 11 is 0. The molecule has 0 aliphatic rings.